The van der Waals surface area contributed by atoms with Gasteiger partial charge in [0.1, 0.15) is 0 Å². The fraction of sp³-hybridized carbons (Fsp3) is 0.789. The summed E-state index contributed by atoms with van der Waals surface area (Å²) >= 11 is 0. The Balaban J connectivity index is 1.53. The monoisotopic (exact) mass is 333 g/mol. The lowest BCUT2D eigenvalue weighted by molar-refractivity contribution is -0.163. The Bertz CT molecular complexity index is 620. The Kier molecular flexibility index (Phi) is 3.57. The van der Waals surface area contributed by atoms with Gasteiger partial charge in [-0.1, -0.05) is 0 Å². The summed E-state index contributed by atoms with van der Waals surface area (Å²) in [4.78, 5) is 16.5. The minimum atomic E-state index is -1.49. The first-order valence-corrected chi connectivity index (χ1v) is 9.11. The van der Waals surface area contributed by atoms with Crippen LogP contribution < -0.4 is 0 Å². The molecule has 4 aliphatic rings. The molecule has 1 N–H and O–H groups in total. The number of rotatable bonds is 4. The second kappa shape index (κ2) is 5.32. The molecule has 5 rings (SSSR count). The van der Waals surface area contributed by atoms with E-state index in [2.05, 4.69) is 0 Å². The summed E-state index contributed by atoms with van der Waals surface area (Å²) in [5.74, 6) is 3.32. The van der Waals surface area contributed by atoms with Crippen LogP contribution in [-0.4, -0.2) is 21.7 Å². The minimum Gasteiger partial charge on any atom is -0.455 e. The molecule has 0 radical (unpaired) electrons. The van der Waals surface area contributed by atoms with Crippen LogP contribution in [0, 0.1) is 24.7 Å². The van der Waals surface area contributed by atoms with E-state index in [0.29, 0.717) is 5.76 Å². The third kappa shape index (κ3) is 2.67. The van der Waals surface area contributed by atoms with Gasteiger partial charge in [0, 0.05) is 5.41 Å². The maximum atomic E-state index is 11.7. The molecule has 0 saturated heterocycles. The number of hydrogen-bond acceptors (Lipinski definition) is 5. The number of carbonyl (C=O) groups excluding carboxylic acids is 1. The van der Waals surface area contributed by atoms with E-state index in [0.717, 1.165) is 29.3 Å². The molecule has 4 aliphatic carbocycles. The summed E-state index contributed by atoms with van der Waals surface area (Å²) in [7, 11) is 0. The van der Waals surface area contributed by atoms with Crippen LogP contribution >= 0.6 is 0 Å². The van der Waals surface area contributed by atoms with Crippen molar-refractivity contribution in [1.29, 1.82) is 0 Å². The van der Waals surface area contributed by atoms with Gasteiger partial charge >= 0.3 is 5.97 Å². The second-order valence-electron chi connectivity index (χ2n) is 8.86. The minimum absolute atomic E-state index is 0.0357. The Labute approximate surface area is 142 Å². The summed E-state index contributed by atoms with van der Waals surface area (Å²) in [6, 6.07) is 0. The third-order valence-electron chi connectivity index (χ3n) is 6.22. The van der Waals surface area contributed by atoms with E-state index >= 15 is 0 Å². The molecule has 4 bridgehead atoms. The van der Waals surface area contributed by atoms with Crippen LogP contribution in [0.1, 0.15) is 69.7 Å². The molecule has 0 amide bonds. The van der Waals surface area contributed by atoms with Crippen molar-refractivity contribution < 1.29 is 19.1 Å². The number of aliphatic hydroxyl groups is 1. The Morgan fingerprint density at radius 2 is 1.79 bits per heavy atom. The number of ether oxygens (including phenoxy) is 1. The van der Waals surface area contributed by atoms with E-state index < -0.39 is 11.6 Å². The summed E-state index contributed by atoms with van der Waals surface area (Å²) in [5, 5.41) is 9.67. The number of aromatic nitrogens is 1. The van der Waals surface area contributed by atoms with Gasteiger partial charge in [0.15, 0.2) is 18.0 Å². The summed E-state index contributed by atoms with van der Waals surface area (Å²) in [6.45, 7) is 4.78. The number of hydrogen-bond donors (Lipinski definition) is 1. The number of aryl methyl sites for hydroxylation is 1. The molecular formula is C19H27NO4. The summed E-state index contributed by atoms with van der Waals surface area (Å²) in [5.41, 5.74) is -0.585. The Morgan fingerprint density at radius 1 is 1.25 bits per heavy atom. The van der Waals surface area contributed by atoms with E-state index in [1.165, 1.54) is 52.4 Å². The highest BCUT2D eigenvalue weighted by Crippen LogP contribution is 2.60. The molecule has 4 saturated carbocycles. The molecule has 1 aromatic heterocycles. The number of carbonyl (C=O) groups is 1. The van der Waals surface area contributed by atoms with E-state index in [-0.39, 0.29) is 12.0 Å². The Hall–Kier alpha value is -1.36. The molecule has 1 heterocycles. The predicted molar refractivity (Wildman–Crippen MR) is 87.2 cm³/mol. The van der Waals surface area contributed by atoms with Gasteiger partial charge in [0.2, 0.25) is 5.89 Å². The van der Waals surface area contributed by atoms with Crippen LogP contribution in [0.3, 0.4) is 0 Å². The molecule has 1 aromatic rings. The van der Waals surface area contributed by atoms with Gasteiger partial charge in [-0.05, 0) is 77.0 Å². The highest BCUT2D eigenvalue weighted by atomic mass is 16.6. The van der Waals surface area contributed by atoms with Crippen molar-refractivity contribution in [3.05, 3.63) is 17.3 Å². The average Bonchev–Trinajstić information content (AvgIpc) is 2.84. The van der Waals surface area contributed by atoms with Crippen molar-refractivity contribution in [3.63, 3.8) is 0 Å². The van der Waals surface area contributed by atoms with Crippen LogP contribution in [0.4, 0.5) is 0 Å². The number of oxazole rings is 1. The lowest BCUT2D eigenvalue weighted by Gasteiger charge is -2.55. The highest BCUT2D eigenvalue weighted by Gasteiger charge is 2.54. The van der Waals surface area contributed by atoms with E-state index in [4.69, 9.17) is 14.1 Å². The van der Waals surface area contributed by atoms with Crippen LogP contribution in [0.2, 0.25) is 0 Å². The number of nitrogens with zero attached hydrogens (tertiary/aromatic N) is 1. The van der Waals surface area contributed by atoms with E-state index in [9.17, 15) is 9.90 Å². The lowest BCUT2D eigenvalue weighted by atomic mass is 9.49. The maximum Gasteiger partial charge on any atom is 0.337 e. The molecule has 0 atom stereocenters. The SMILES string of the molecule is Cc1nc(C23CC4CC(CC(C4)C2)C3)oc1COC(=O)C(C)(C)O. The molecule has 5 heteroatoms. The van der Waals surface area contributed by atoms with Gasteiger partial charge in [-0.3, -0.25) is 0 Å². The van der Waals surface area contributed by atoms with E-state index in [1.54, 1.807) is 0 Å². The van der Waals surface area contributed by atoms with Gasteiger partial charge in [-0.2, -0.15) is 0 Å². The first-order valence-electron chi connectivity index (χ1n) is 9.11. The van der Waals surface area contributed by atoms with E-state index in [1.807, 2.05) is 6.92 Å². The summed E-state index contributed by atoms with van der Waals surface area (Å²) < 4.78 is 11.3. The van der Waals surface area contributed by atoms with Gasteiger partial charge < -0.3 is 14.3 Å². The molecular weight excluding hydrogens is 306 g/mol. The zero-order valence-electron chi connectivity index (χ0n) is 14.8. The highest BCUT2D eigenvalue weighted by molar-refractivity contribution is 5.78. The van der Waals surface area contributed by atoms with Crippen molar-refractivity contribution in [3.8, 4) is 0 Å². The Morgan fingerprint density at radius 3 is 2.29 bits per heavy atom. The largest absolute Gasteiger partial charge is 0.455 e. The quantitative estimate of drug-likeness (QED) is 0.856. The molecule has 24 heavy (non-hydrogen) atoms. The van der Waals surface area contributed by atoms with Crippen molar-refractivity contribution >= 4 is 5.97 Å². The summed E-state index contributed by atoms with van der Waals surface area (Å²) in [6.07, 6.45) is 7.74. The normalized spacial score (nSPS) is 34.6. The lowest BCUT2D eigenvalue weighted by Crippen LogP contribution is -2.48. The zero-order valence-corrected chi connectivity index (χ0v) is 14.8. The van der Waals surface area contributed by atoms with Gasteiger partial charge in [-0.15, -0.1) is 0 Å². The van der Waals surface area contributed by atoms with Crippen molar-refractivity contribution in [1.82, 2.24) is 4.98 Å². The van der Waals surface area contributed by atoms with Crippen molar-refractivity contribution in [2.75, 3.05) is 0 Å². The van der Waals surface area contributed by atoms with Crippen LogP contribution in [0.25, 0.3) is 0 Å². The molecule has 0 unspecified atom stereocenters. The smallest absolute Gasteiger partial charge is 0.337 e. The third-order valence-corrected chi connectivity index (χ3v) is 6.22. The fourth-order valence-corrected chi connectivity index (χ4v) is 5.47. The topological polar surface area (TPSA) is 72.6 Å². The second-order valence-corrected chi connectivity index (χ2v) is 8.86. The molecule has 0 spiro atoms. The van der Waals surface area contributed by atoms with Gasteiger partial charge in [0.25, 0.3) is 0 Å². The van der Waals surface area contributed by atoms with Gasteiger partial charge in [-0.25, -0.2) is 9.78 Å². The average molecular weight is 333 g/mol. The van der Waals surface area contributed by atoms with Crippen LogP contribution in [0.5, 0.6) is 0 Å². The first kappa shape index (κ1) is 16.1. The molecule has 0 aliphatic heterocycles. The van der Waals surface area contributed by atoms with Crippen molar-refractivity contribution in [2.45, 2.75) is 76.9 Å². The fourth-order valence-electron chi connectivity index (χ4n) is 5.47. The molecule has 132 valence electrons. The van der Waals surface area contributed by atoms with Crippen molar-refractivity contribution in [2.24, 2.45) is 17.8 Å². The van der Waals surface area contributed by atoms with Crippen LogP contribution in [0.15, 0.2) is 4.42 Å². The molecule has 4 fully saturated rings. The van der Waals surface area contributed by atoms with Crippen LogP contribution in [-0.2, 0) is 21.6 Å². The van der Waals surface area contributed by atoms with Gasteiger partial charge in [0.05, 0.1) is 5.69 Å². The first-order chi connectivity index (χ1) is 11.2. The zero-order chi connectivity index (χ0) is 17.1. The molecule has 5 nitrogen and oxygen atoms in total. The number of esters is 1. The standard InChI is InChI=1S/C19H27NO4/c1-11-15(10-23-17(21)18(2,3)22)24-16(20-11)19-7-12-4-13(8-19)6-14(5-12)9-19/h12-14,22H,4-10H2,1-3H3. The maximum absolute atomic E-state index is 11.7. The molecule has 0 aromatic carbocycles. The predicted octanol–water partition coefficient (Wildman–Crippen LogP) is 3.26.